The van der Waals surface area contributed by atoms with Crippen LogP contribution < -0.4 is 15.5 Å². The van der Waals surface area contributed by atoms with E-state index in [2.05, 4.69) is 15.6 Å². The van der Waals surface area contributed by atoms with E-state index in [9.17, 15) is 27.6 Å². The maximum Gasteiger partial charge on any atom is 0.406 e. The summed E-state index contributed by atoms with van der Waals surface area (Å²) in [4.78, 5) is 53.0. The number of thiazole rings is 1. The highest BCUT2D eigenvalue weighted by Crippen LogP contribution is 2.45. The molecule has 17 heteroatoms. The second kappa shape index (κ2) is 16.4. The number of halogens is 3. The Bertz CT molecular complexity index is 2310. The third-order valence-electron chi connectivity index (χ3n) is 12.0. The Morgan fingerprint density at radius 1 is 1.17 bits per heavy atom. The first-order valence-corrected chi connectivity index (χ1v) is 21.5. The first-order valence-electron chi connectivity index (χ1n) is 20.6. The minimum atomic E-state index is -4.59. The largest absolute Gasteiger partial charge is 0.476 e. The summed E-state index contributed by atoms with van der Waals surface area (Å²) in [6.45, 7) is 8.18. The predicted molar refractivity (Wildman–Crippen MR) is 219 cm³/mol. The van der Waals surface area contributed by atoms with Gasteiger partial charge in [0.25, 0.3) is 5.91 Å². The number of rotatable bonds is 6. The highest BCUT2D eigenvalue weighted by atomic mass is 32.1. The fraction of sp³-hybridized carbons (Fsp3) is 0.558. The van der Waals surface area contributed by atoms with Crippen molar-refractivity contribution in [3.63, 3.8) is 0 Å². The summed E-state index contributed by atoms with van der Waals surface area (Å²) in [6, 6.07) is 5.46. The zero-order chi connectivity index (χ0) is 42.7. The van der Waals surface area contributed by atoms with Gasteiger partial charge in [-0.2, -0.15) is 13.2 Å². The second-order valence-corrected chi connectivity index (χ2v) is 18.5. The third-order valence-corrected chi connectivity index (χ3v) is 12.9. The van der Waals surface area contributed by atoms with Crippen LogP contribution in [0.1, 0.15) is 74.9 Å². The summed E-state index contributed by atoms with van der Waals surface area (Å²) >= 11 is 1.34. The molecular weight excluding hydrogens is 800 g/mol. The molecule has 6 bridgehead atoms. The summed E-state index contributed by atoms with van der Waals surface area (Å²) in [5, 5.41) is 7.43. The number of likely N-dealkylation sites (N-methyl/N-ethyl adjacent to an activating group) is 1. The lowest BCUT2D eigenvalue weighted by molar-refractivity contribution is -0.155. The number of ether oxygens (including phenoxy) is 3. The lowest BCUT2D eigenvalue weighted by Gasteiger charge is -2.35. The standard InChI is InChI=1S/C43H52F3N7O6S/c1-23-14-27(23)38(54)48-32-17-35-47-33(20-60-35)25-9-10-34-28(15-25)30(18-42(3,4)22-59-41(56)31-8-7-11-53(50-31)40(32)55)37(52(34)21-43(44,45)46)29-16-26-19-51(5)12-13-58-39(26)49-36(29)24(2)57-6/h9-10,15-16,20,23-24,27,31-32,50H,7-8,11-14,17-19,21-22H2,1-6H3,(H,48,54)/t23-,24-,27-,31-,32-/m0/s1. The molecule has 3 aromatic heterocycles. The molecule has 2 fully saturated rings. The number of alkyl halides is 3. The van der Waals surface area contributed by atoms with Crippen LogP contribution in [0.2, 0.25) is 0 Å². The van der Waals surface area contributed by atoms with Crippen LogP contribution in [-0.2, 0) is 49.8 Å². The minimum absolute atomic E-state index is 0.0564. The zero-order valence-corrected chi connectivity index (χ0v) is 35.6. The van der Waals surface area contributed by atoms with Gasteiger partial charge in [0.05, 0.1) is 34.8 Å². The molecule has 3 aliphatic heterocycles. The van der Waals surface area contributed by atoms with Crippen LogP contribution in [0.15, 0.2) is 29.6 Å². The van der Waals surface area contributed by atoms with Crippen LogP contribution in [0.25, 0.3) is 33.4 Å². The number of carbonyl (C=O) groups excluding carboxylic acids is 3. The van der Waals surface area contributed by atoms with E-state index in [0.717, 1.165) is 12.0 Å². The average molecular weight is 852 g/mol. The van der Waals surface area contributed by atoms with E-state index in [4.69, 9.17) is 24.2 Å². The van der Waals surface area contributed by atoms with Gasteiger partial charge < -0.3 is 24.1 Å². The average Bonchev–Trinajstić information content (AvgIpc) is 3.72. The number of methoxy groups -OCH3 is 1. The maximum absolute atomic E-state index is 14.8. The Labute approximate surface area is 350 Å². The molecule has 1 saturated carbocycles. The number of esters is 1. The van der Waals surface area contributed by atoms with Gasteiger partial charge in [-0.25, -0.2) is 15.4 Å². The van der Waals surface area contributed by atoms with Gasteiger partial charge in [0, 0.05) is 77.5 Å². The van der Waals surface area contributed by atoms with Crippen molar-refractivity contribution in [1.82, 2.24) is 35.2 Å². The number of carbonyl (C=O) groups is 3. The smallest absolute Gasteiger partial charge is 0.406 e. The number of aromatic nitrogens is 3. The number of nitrogens with one attached hydrogen (secondary N) is 2. The molecule has 60 heavy (non-hydrogen) atoms. The Morgan fingerprint density at radius 3 is 2.68 bits per heavy atom. The summed E-state index contributed by atoms with van der Waals surface area (Å²) in [7, 11) is 3.49. The Balaban J connectivity index is 1.31. The number of hydrogen-bond acceptors (Lipinski definition) is 11. The summed E-state index contributed by atoms with van der Waals surface area (Å²) in [6.07, 6.45) is -3.15. The van der Waals surface area contributed by atoms with E-state index in [1.54, 1.807) is 12.1 Å². The van der Waals surface area contributed by atoms with Crippen LogP contribution in [0.4, 0.5) is 13.2 Å². The second-order valence-electron chi connectivity index (χ2n) is 17.6. The van der Waals surface area contributed by atoms with Crippen molar-refractivity contribution in [2.75, 3.05) is 40.5 Å². The molecule has 4 aromatic rings. The molecule has 8 rings (SSSR count). The van der Waals surface area contributed by atoms with Crippen LogP contribution >= 0.6 is 11.3 Å². The van der Waals surface area contributed by atoms with Crippen molar-refractivity contribution >= 4 is 40.0 Å². The lowest BCUT2D eigenvalue weighted by atomic mass is 9.84. The third kappa shape index (κ3) is 8.76. The van der Waals surface area contributed by atoms with Gasteiger partial charge in [0.15, 0.2) is 0 Å². The lowest BCUT2D eigenvalue weighted by Crippen LogP contribution is -2.60. The van der Waals surface area contributed by atoms with E-state index in [0.29, 0.717) is 94.6 Å². The zero-order valence-electron chi connectivity index (χ0n) is 34.8. The van der Waals surface area contributed by atoms with Gasteiger partial charge in [0.1, 0.15) is 25.2 Å². The minimum Gasteiger partial charge on any atom is -0.476 e. The SMILES string of the molecule is CO[C@@H](C)c1nc2c(cc1-c1c3c4cc(ccc4n1CC(F)(F)F)-c1csc(n1)C[C@H](NC(=O)[C@H]1C[C@@H]1C)C(=O)N1CCC[C@H](N1)C(=O)OCC(C)(C)C3)CN(C)CCO2. The maximum atomic E-state index is 14.8. The van der Waals surface area contributed by atoms with Crippen LogP contribution in [0.5, 0.6) is 5.88 Å². The van der Waals surface area contributed by atoms with Gasteiger partial charge >= 0.3 is 12.1 Å². The van der Waals surface area contributed by atoms with Gasteiger partial charge in [-0.1, -0.05) is 26.8 Å². The fourth-order valence-electron chi connectivity index (χ4n) is 8.56. The van der Waals surface area contributed by atoms with Gasteiger partial charge in [0.2, 0.25) is 11.8 Å². The fourth-order valence-corrected chi connectivity index (χ4v) is 9.41. The van der Waals surface area contributed by atoms with Gasteiger partial charge in [-0.15, -0.1) is 11.3 Å². The highest BCUT2D eigenvalue weighted by Gasteiger charge is 2.42. The van der Waals surface area contributed by atoms with E-state index < -0.39 is 42.3 Å². The molecule has 5 atom stereocenters. The van der Waals surface area contributed by atoms with E-state index in [1.807, 2.05) is 52.3 Å². The molecule has 13 nitrogen and oxygen atoms in total. The summed E-state index contributed by atoms with van der Waals surface area (Å²) in [5.41, 5.74) is 6.57. The van der Waals surface area contributed by atoms with Gasteiger partial charge in [-0.05, 0) is 69.3 Å². The molecule has 0 radical (unpaired) electrons. The number of pyridine rings is 1. The highest BCUT2D eigenvalue weighted by molar-refractivity contribution is 7.10. The number of fused-ring (bicyclic) bond motifs is 7. The first kappa shape index (κ1) is 42.1. The molecule has 0 unspecified atom stereocenters. The number of benzene rings is 1. The first-order chi connectivity index (χ1) is 28.5. The molecule has 4 aliphatic rings. The van der Waals surface area contributed by atoms with Crippen molar-refractivity contribution in [1.29, 1.82) is 0 Å². The summed E-state index contributed by atoms with van der Waals surface area (Å²) in [5.74, 6) is -0.629. The number of hydrazine groups is 1. The van der Waals surface area contributed by atoms with Crippen molar-refractivity contribution < 1.29 is 41.8 Å². The quantitative estimate of drug-likeness (QED) is 0.215. The van der Waals surface area contributed by atoms with Crippen molar-refractivity contribution in [3.8, 4) is 28.4 Å². The van der Waals surface area contributed by atoms with Crippen LogP contribution in [0, 0.1) is 17.3 Å². The normalized spacial score (nSPS) is 24.2. The van der Waals surface area contributed by atoms with Crippen molar-refractivity contribution in [3.05, 3.63) is 51.5 Å². The Kier molecular flexibility index (Phi) is 11.5. The number of hydrogen-bond donors (Lipinski definition) is 2. The Hall–Kier alpha value is -4.58. The Morgan fingerprint density at radius 2 is 1.95 bits per heavy atom. The topological polar surface area (TPSA) is 140 Å². The molecule has 1 aromatic carbocycles. The molecule has 2 N–H and O–H groups in total. The molecule has 0 spiro atoms. The monoisotopic (exact) mass is 851 g/mol. The predicted octanol–water partition coefficient (Wildman–Crippen LogP) is 6.23. The molecule has 1 aliphatic carbocycles. The number of cyclic esters (lactones) is 1. The molecule has 2 amide bonds. The van der Waals surface area contributed by atoms with E-state index in [-0.39, 0.29) is 43.1 Å². The summed E-state index contributed by atoms with van der Waals surface area (Å²) < 4.78 is 63.6. The molecule has 6 heterocycles. The van der Waals surface area contributed by atoms with Crippen LogP contribution in [0.3, 0.4) is 0 Å². The molecular formula is C43H52F3N7O6S. The number of nitrogens with zero attached hydrogens (tertiary/aromatic N) is 5. The number of amides is 2. The molecule has 322 valence electrons. The van der Waals surface area contributed by atoms with E-state index >= 15 is 0 Å². The van der Waals surface area contributed by atoms with E-state index in [1.165, 1.54) is 28.0 Å². The van der Waals surface area contributed by atoms with Crippen molar-refractivity contribution in [2.24, 2.45) is 17.3 Å². The van der Waals surface area contributed by atoms with Gasteiger partial charge in [-0.3, -0.25) is 24.3 Å². The van der Waals surface area contributed by atoms with Crippen molar-refractivity contribution in [2.45, 2.75) is 97.3 Å². The molecule has 1 saturated heterocycles. The van der Waals surface area contributed by atoms with Crippen LogP contribution in [-0.4, -0.2) is 101 Å².